The summed E-state index contributed by atoms with van der Waals surface area (Å²) in [6, 6.07) is 7.20. The first kappa shape index (κ1) is 26.6. The van der Waals surface area contributed by atoms with Gasteiger partial charge < -0.3 is 10.2 Å². The van der Waals surface area contributed by atoms with Gasteiger partial charge in [-0.3, -0.25) is 0 Å². The van der Waals surface area contributed by atoms with Gasteiger partial charge in [0, 0.05) is 20.6 Å². The predicted octanol–water partition coefficient (Wildman–Crippen LogP) is 8.97. The van der Waals surface area contributed by atoms with E-state index in [0.717, 1.165) is 37.0 Å². The Morgan fingerprint density at radius 1 is 0.882 bits per heavy atom. The van der Waals surface area contributed by atoms with E-state index in [0.29, 0.717) is 11.1 Å². The second-order valence-corrected chi connectivity index (χ2v) is 11.5. The van der Waals surface area contributed by atoms with Crippen LogP contribution in [0.5, 0.6) is 0 Å². The summed E-state index contributed by atoms with van der Waals surface area (Å²) in [5.41, 5.74) is 1.54. The van der Waals surface area contributed by atoms with Gasteiger partial charge in [-0.05, 0) is 66.8 Å². The van der Waals surface area contributed by atoms with E-state index in [9.17, 15) is 19.8 Å². The smallest absolute Gasteiger partial charge is 0.336 e. The third-order valence-electron chi connectivity index (χ3n) is 6.33. The fraction of sp³-hybridized carbons (Fsp3) is 0.500. The van der Waals surface area contributed by atoms with Gasteiger partial charge in [-0.25, -0.2) is 9.59 Å². The maximum Gasteiger partial charge on any atom is 0.336 e. The highest BCUT2D eigenvalue weighted by molar-refractivity contribution is 8.03. The number of thiophene rings is 1. The Bertz CT molecular complexity index is 1020. The minimum atomic E-state index is -1.01. The highest BCUT2D eigenvalue weighted by Gasteiger charge is 2.28. The molecule has 2 N–H and O–H groups in total. The third kappa shape index (κ3) is 6.98. The summed E-state index contributed by atoms with van der Waals surface area (Å²) in [7, 11) is 0. The minimum absolute atomic E-state index is 0.0445. The fourth-order valence-electron chi connectivity index (χ4n) is 4.43. The lowest BCUT2D eigenvalue weighted by atomic mass is 9.94. The number of hydrogen-bond donors (Lipinski definition) is 2. The molecule has 2 heterocycles. The van der Waals surface area contributed by atoms with E-state index < -0.39 is 11.9 Å². The van der Waals surface area contributed by atoms with Crippen LogP contribution < -0.4 is 0 Å². The highest BCUT2D eigenvalue weighted by Crippen LogP contribution is 2.47. The number of hydrogen-bond acceptors (Lipinski definition) is 4. The Kier molecular flexibility index (Phi) is 10.3. The van der Waals surface area contributed by atoms with Crippen molar-refractivity contribution in [1.82, 2.24) is 0 Å². The number of benzene rings is 1. The Balaban J connectivity index is 1.83. The Morgan fingerprint density at radius 2 is 1.56 bits per heavy atom. The molecule has 1 atom stereocenters. The number of thioether (sulfide) groups is 1. The second kappa shape index (κ2) is 13.1. The van der Waals surface area contributed by atoms with E-state index in [2.05, 4.69) is 19.9 Å². The molecule has 0 radical (unpaired) electrons. The molecular weight excluding hydrogens is 464 g/mol. The van der Waals surface area contributed by atoms with Crippen LogP contribution in [0.4, 0.5) is 0 Å². The van der Waals surface area contributed by atoms with Gasteiger partial charge >= 0.3 is 11.9 Å². The molecule has 0 aliphatic carbocycles. The van der Waals surface area contributed by atoms with Crippen LogP contribution in [-0.4, -0.2) is 22.2 Å². The van der Waals surface area contributed by atoms with Crippen molar-refractivity contribution in [2.75, 3.05) is 0 Å². The molecule has 1 aromatic heterocycles. The van der Waals surface area contributed by atoms with Crippen LogP contribution in [0.15, 0.2) is 35.2 Å². The number of allylic oxidation sites excluding steroid dienone is 2. The van der Waals surface area contributed by atoms with Gasteiger partial charge in [0.25, 0.3) is 0 Å². The summed E-state index contributed by atoms with van der Waals surface area (Å²) in [4.78, 5) is 27.7. The maximum atomic E-state index is 12.2. The predicted molar refractivity (Wildman–Crippen MR) is 143 cm³/mol. The molecule has 3 rings (SSSR count). The molecule has 0 amide bonds. The van der Waals surface area contributed by atoms with Crippen molar-refractivity contribution in [2.45, 2.75) is 89.7 Å². The van der Waals surface area contributed by atoms with Crippen molar-refractivity contribution >= 4 is 35.0 Å². The van der Waals surface area contributed by atoms with Crippen LogP contribution in [0, 0.1) is 0 Å². The van der Waals surface area contributed by atoms with Crippen molar-refractivity contribution in [3.8, 4) is 10.4 Å². The first-order chi connectivity index (χ1) is 16.4. The molecule has 1 aromatic carbocycles. The molecule has 34 heavy (non-hydrogen) atoms. The average Bonchev–Trinajstić information content (AvgIpc) is 3.48. The molecule has 0 bridgehead atoms. The average molecular weight is 501 g/mol. The van der Waals surface area contributed by atoms with E-state index in [1.54, 1.807) is 35.2 Å². The zero-order valence-electron chi connectivity index (χ0n) is 20.3. The lowest BCUT2D eigenvalue weighted by Crippen LogP contribution is -2.09. The SMILES string of the molecule is CCCCCCC1=CCC(c2cc(C(=O)O)c(-c3ccc(CCCCCC)s3)cc2C(=O)O)S1. The monoisotopic (exact) mass is 500 g/mol. The topological polar surface area (TPSA) is 74.6 Å². The summed E-state index contributed by atoms with van der Waals surface area (Å²) in [5.74, 6) is -2.01. The summed E-state index contributed by atoms with van der Waals surface area (Å²) in [6.45, 7) is 4.39. The Morgan fingerprint density at radius 3 is 2.21 bits per heavy atom. The fourth-order valence-corrected chi connectivity index (χ4v) is 6.84. The first-order valence-electron chi connectivity index (χ1n) is 12.5. The molecular formula is C28H36O4S2. The number of rotatable bonds is 14. The normalized spacial score (nSPS) is 15.5. The van der Waals surface area contributed by atoms with Crippen LogP contribution in [0.3, 0.4) is 0 Å². The van der Waals surface area contributed by atoms with Crippen LogP contribution in [0.1, 0.15) is 114 Å². The van der Waals surface area contributed by atoms with Gasteiger partial charge in [0.1, 0.15) is 0 Å². The number of unbranched alkanes of at least 4 members (excludes halogenated alkanes) is 6. The number of aromatic carboxylic acids is 2. The van der Waals surface area contributed by atoms with Crippen molar-refractivity contribution < 1.29 is 19.8 Å². The van der Waals surface area contributed by atoms with Gasteiger partial charge in [-0.2, -0.15) is 0 Å². The molecule has 0 fully saturated rings. The minimum Gasteiger partial charge on any atom is -0.478 e. The molecule has 4 nitrogen and oxygen atoms in total. The molecule has 6 heteroatoms. The van der Waals surface area contributed by atoms with Gasteiger partial charge in [-0.15, -0.1) is 23.1 Å². The molecule has 1 unspecified atom stereocenters. The van der Waals surface area contributed by atoms with E-state index in [1.165, 1.54) is 48.3 Å². The lowest BCUT2D eigenvalue weighted by molar-refractivity contribution is 0.0680. The van der Waals surface area contributed by atoms with Gasteiger partial charge in [0.2, 0.25) is 0 Å². The van der Waals surface area contributed by atoms with Crippen LogP contribution >= 0.6 is 23.1 Å². The van der Waals surface area contributed by atoms with E-state index in [-0.39, 0.29) is 16.4 Å². The number of carboxylic acid groups (broad SMARTS) is 2. The molecule has 0 spiro atoms. The first-order valence-corrected chi connectivity index (χ1v) is 14.2. The number of carboxylic acids is 2. The Labute approximate surface area is 211 Å². The van der Waals surface area contributed by atoms with E-state index in [4.69, 9.17) is 0 Å². The third-order valence-corrected chi connectivity index (χ3v) is 8.91. The molecule has 184 valence electrons. The number of aryl methyl sites for hydroxylation is 1. The van der Waals surface area contributed by atoms with Gasteiger partial charge in [0.15, 0.2) is 0 Å². The highest BCUT2D eigenvalue weighted by atomic mass is 32.2. The van der Waals surface area contributed by atoms with Crippen LogP contribution in [0.25, 0.3) is 10.4 Å². The van der Waals surface area contributed by atoms with Crippen molar-refractivity contribution in [3.63, 3.8) is 0 Å². The molecule has 0 saturated carbocycles. The Hall–Kier alpha value is -2.05. The summed E-state index contributed by atoms with van der Waals surface area (Å²) in [5, 5.41) is 19.9. The largest absolute Gasteiger partial charge is 0.478 e. The summed E-state index contributed by atoms with van der Waals surface area (Å²) in [6.07, 6.45) is 14.4. The maximum absolute atomic E-state index is 12.2. The zero-order chi connectivity index (χ0) is 24.5. The zero-order valence-corrected chi connectivity index (χ0v) is 21.9. The molecule has 0 saturated heterocycles. The molecule has 1 aliphatic rings. The molecule has 2 aromatic rings. The molecule has 1 aliphatic heterocycles. The van der Waals surface area contributed by atoms with E-state index in [1.807, 2.05) is 12.1 Å². The van der Waals surface area contributed by atoms with Gasteiger partial charge in [-0.1, -0.05) is 58.4 Å². The van der Waals surface area contributed by atoms with Crippen molar-refractivity contribution in [1.29, 1.82) is 0 Å². The van der Waals surface area contributed by atoms with Crippen LogP contribution in [-0.2, 0) is 6.42 Å². The van der Waals surface area contributed by atoms with Crippen molar-refractivity contribution in [2.24, 2.45) is 0 Å². The van der Waals surface area contributed by atoms with Crippen LogP contribution in [0.2, 0.25) is 0 Å². The standard InChI is InChI=1S/C28H36O4S2/c1-3-5-7-9-11-19-13-15-25(33-19)21-17-24(28(31)32)22(18-23(21)27(29)30)26-16-14-20(34-26)12-10-8-6-4-2/h13-15,17-18,26H,3-12,16H2,1-2H3,(H,29,30)(H,31,32). The summed E-state index contributed by atoms with van der Waals surface area (Å²) < 4.78 is 0. The number of carbonyl (C=O) groups is 2. The summed E-state index contributed by atoms with van der Waals surface area (Å²) >= 11 is 3.28. The quantitative estimate of drug-likeness (QED) is 0.253. The lowest BCUT2D eigenvalue weighted by Gasteiger charge is -2.17. The second-order valence-electron chi connectivity index (χ2n) is 9.00. The van der Waals surface area contributed by atoms with Gasteiger partial charge in [0.05, 0.1) is 11.1 Å². The van der Waals surface area contributed by atoms with E-state index >= 15 is 0 Å². The van der Waals surface area contributed by atoms with Crippen molar-refractivity contribution in [3.05, 3.63) is 56.8 Å².